The molecule has 138 valence electrons. The predicted octanol–water partition coefficient (Wildman–Crippen LogP) is 2.56. The minimum absolute atomic E-state index is 0.171. The van der Waals surface area contributed by atoms with Gasteiger partial charge in [0, 0.05) is 13.1 Å². The summed E-state index contributed by atoms with van der Waals surface area (Å²) in [5.74, 6) is -0.260. The summed E-state index contributed by atoms with van der Waals surface area (Å²) in [6.07, 6.45) is 1.92. The maximum atomic E-state index is 13.2. The van der Waals surface area contributed by atoms with E-state index in [4.69, 9.17) is 25.6 Å². The molecule has 0 N–H and O–H groups in total. The van der Waals surface area contributed by atoms with E-state index < -0.39 is 5.91 Å². The summed E-state index contributed by atoms with van der Waals surface area (Å²) in [7, 11) is 2.87. The molecule has 0 radical (unpaired) electrons. The highest BCUT2D eigenvalue weighted by atomic mass is 35.5. The molecule has 0 unspecified atom stereocenters. The standard InChI is InChI=1S/C17H18ClN3O5/c1-10-11(9-26-19-10)16(22)20-7-4-8-21(20)17(23)14-13(24-2)6-5-12(18)15(14)25-3/h5-6,9H,4,7-8H2,1-3H3. The largest absolute Gasteiger partial charge is 0.496 e. The van der Waals surface area contributed by atoms with Crippen molar-refractivity contribution < 1.29 is 23.6 Å². The first kappa shape index (κ1) is 18.1. The van der Waals surface area contributed by atoms with Crippen molar-refractivity contribution in [2.45, 2.75) is 13.3 Å². The molecule has 0 saturated carbocycles. The van der Waals surface area contributed by atoms with Crippen LogP contribution in [0, 0.1) is 6.92 Å². The Morgan fingerprint density at radius 2 is 1.85 bits per heavy atom. The van der Waals surface area contributed by atoms with E-state index in [-0.39, 0.29) is 22.2 Å². The van der Waals surface area contributed by atoms with Gasteiger partial charge in [0.1, 0.15) is 23.1 Å². The summed E-state index contributed by atoms with van der Waals surface area (Å²) < 4.78 is 15.4. The number of rotatable bonds is 4. The Balaban J connectivity index is 1.98. The van der Waals surface area contributed by atoms with E-state index in [1.807, 2.05) is 0 Å². The van der Waals surface area contributed by atoms with Crippen LogP contribution in [-0.2, 0) is 0 Å². The molecule has 0 aliphatic carbocycles. The Bertz CT molecular complexity index is 851. The summed E-state index contributed by atoms with van der Waals surface area (Å²) >= 11 is 6.16. The molecule has 2 aromatic rings. The normalized spacial score (nSPS) is 13.8. The van der Waals surface area contributed by atoms with Gasteiger partial charge in [0.15, 0.2) is 5.75 Å². The van der Waals surface area contributed by atoms with E-state index in [0.29, 0.717) is 36.5 Å². The number of ether oxygens (including phenoxy) is 2. The smallest absolute Gasteiger partial charge is 0.280 e. The topological polar surface area (TPSA) is 85.1 Å². The van der Waals surface area contributed by atoms with Gasteiger partial charge in [-0.2, -0.15) is 0 Å². The highest BCUT2D eigenvalue weighted by Gasteiger charge is 2.36. The van der Waals surface area contributed by atoms with Crippen LogP contribution in [0.25, 0.3) is 0 Å². The van der Waals surface area contributed by atoms with E-state index in [0.717, 1.165) is 0 Å². The number of halogens is 1. The SMILES string of the molecule is COc1ccc(Cl)c(OC)c1C(=O)N1CCCN1C(=O)c1conc1C. The van der Waals surface area contributed by atoms with Gasteiger partial charge >= 0.3 is 0 Å². The number of carbonyl (C=O) groups is 2. The highest BCUT2D eigenvalue weighted by molar-refractivity contribution is 6.32. The van der Waals surface area contributed by atoms with Gasteiger partial charge in [0.25, 0.3) is 11.8 Å². The van der Waals surface area contributed by atoms with Crippen molar-refractivity contribution in [3.8, 4) is 11.5 Å². The van der Waals surface area contributed by atoms with Gasteiger partial charge in [-0.05, 0) is 25.5 Å². The minimum Gasteiger partial charge on any atom is -0.496 e. The lowest BCUT2D eigenvalue weighted by molar-refractivity contribution is 0.0181. The first-order valence-corrected chi connectivity index (χ1v) is 8.32. The molecule has 0 bridgehead atoms. The fourth-order valence-corrected chi connectivity index (χ4v) is 3.15. The molecule has 9 heteroatoms. The minimum atomic E-state index is -0.429. The lowest BCUT2D eigenvalue weighted by Crippen LogP contribution is -2.45. The molecule has 1 aromatic heterocycles. The summed E-state index contributed by atoms with van der Waals surface area (Å²) in [4.78, 5) is 26.0. The summed E-state index contributed by atoms with van der Waals surface area (Å²) in [6, 6.07) is 3.17. The molecule has 0 atom stereocenters. The Morgan fingerprint density at radius 1 is 1.15 bits per heavy atom. The molecule has 1 aliphatic rings. The molecule has 1 aliphatic heterocycles. The maximum absolute atomic E-state index is 13.2. The molecule has 0 spiro atoms. The molecule has 2 heterocycles. The fourth-order valence-electron chi connectivity index (χ4n) is 2.91. The van der Waals surface area contributed by atoms with Crippen LogP contribution >= 0.6 is 11.6 Å². The van der Waals surface area contributed by atoms with Crippen LogP contribution in [0.3, 0.4) is 0 Å². The third kappa shape index (κ3) is 2.96. The van der Waals surface area contributed by atoms with Gasteiger partial charge in [-0.3, -0.25) is 9.59 Å². The quantitative estimate of drug-likeness (QED) is 0.811. The van der Waals surface area contributed by atoms with Crippen molar-refractivity contribution in [1.29, 1.82) is 0 Å². The van der Waals surface area contributed by atoms with E-state index in [1.165, 1.54) is 30.5 Å². The van der Waals surface area contributed by atoms with Gasteiger partial charge in [0.2, 0.25) is 0 Å². The number of hydrazine groups is 1. The van der Waals surface area contributed by atoms with Gasteiger partial charge in [-0.1, -0.05) is 16.8 Å². The number of carbonyl (C=O) groups excluding carboxylic acids is 2. The van der Waals surface area contributed by atoms with E-state index >= 15 is 0 Å². The van der Waals surface area contributed by atoms with Crippen molar-refractivity contribution in [3.63, 3.8) is 0 Å². The third-order valence-corrected chi connectivity index (χ3v) is 4.49. The fraction of sp³-hybridized carbons (Fsp3) is 0.353. The second-order valence-electron chi connectivity index (χ2n) is 5.68. The van der Waals surface area contributed by atoms with Crippen molar-refractivity contribution in [3.05, 3.63) is 40.2 Å². The zero-order valence-electron chi connectivity index (χ0n) is 14.6. The Morgan fingerprint density at radius 3 is 2.42 bits per heavy atom. The summed E-state index contributed by atoms with van der Waals surface area (Å²) in [5.41, 5.74) is 0.950. The van der Waals surface area contributed by atoms with Crippen LogP contribution in [0.5, 0.6) is 11.5 Å². The monoisotopic (exact) mass is 379 g/mol. The number of nitrogens with zero attached hydrogens (tertiary/aromatic N) is 3. The molecule has 1 saturated heterocycles. The van der Waals surface area contributed by atoms with Crippen molar-refractivity contribution >= 4 is 23.4 Å². The Labute approximate surface area is 155 Å². The third-order valence-electron chi connectivity index (χ3n) is 4.19. The van der Waals surface area contributed by atoms with Crippen LogP contribution in [0.2, 0.25) is 5.02 Å². The van der Waals surface area contributed by atoms with Crippen molar-refractivity contribution in [2.75, 3.05) is 27.3 Å². The number of aryl methyl sites for hydroxylation is 1. The van der Waals surface area contributed by atoms with Gasteiger partial charge in [-0.25, -0.2) is 10.0 Å². The number of hydrogen-bond acceptors (Lipinski definition) is 6. The van der Waals surface area contributed by atoms with Gasteiger partial charge in [-0.15, -0.1) is 0 Å². The first-order chi connectivity index (χ1) is 12.5. The van der Waals surface area contributed by atoms with E-state index in [2.05, 4.69) is 5.16 Å². The van der Waals surface area contributed by atoms with Crippen molar-refractivity contribution in [1.82, 2.24) is 15.2 Å². The lowest BCUT2D eigenvalue weighted by atomic mass is 10.1. The van der Waals surface area contributed by atoms with Crippen LogP contribution in [-0.4, -0.2) is 54.3 Å². The zero-order valence-corrected chi connectivity index (χ0v) is 15.4. The Hall–Kier alpha value is -2.74. The molecule has 2 amide bonds. The molecule has 3 rings (SSSR count). The van der Waals surface area contributed by atoms with Crippen LogP contribution in [0.1, 0.15) is 32.8 Å². The maximum Gasteiger partial charge on any atom is 0.280 e. The predicted molar refractivity (Wildman–Crippen MR) is 92.5 cm³/mol. The van der Waals surface area contributed by atoms with E-state index in [9.17, 15) is 9.59 Å². The average Bonchev–Trinajstić information content (AvgIpc) is 3.29. The summed E-state index contributed by atoms with van der Waals surface area (Å²) in [6.45, 7) is 2.45. The highest BCUT2D eigenvalue weighted by Crippen LogP contribution is 2.37. The van der Waals surface area contributed by atoms with Crippen molar-refractivity contribution in [2.24, 2.45) is 0 Å². The lowest BCUT2D eigenvalue weighted by Gasteiger charge is -2.28. The number of benzene rings is 1. The summed E-state index contributed by atoms with van der Waals surface area (Å²) in [5, 5.41) is 6.74. The molecular formula is C17H18ClN3O5. The second kappa shape index (κ2) is 7.25. The number of aromatic nitrogens is 1. The number of hydrogen-bond donors (Lipinski definition) is 0. The molecule has 26 heavy (non-hydrogen) atoms. The molecule has 8 nitrogen and oxygen atoms in total. The molecular weight excluding hydrogens is 362 g/mol. The Kier molecular flexibility index (Phi) is 5.03. The molecule has 1 aromatic carbocycles. The average molecular weight is 380 g/mol. The molecule has 1 fully saturated rings. The number of amides is 2. The van der Waals surface area contributed by atoms with Crippen LogP contribution in [0.4, 0.5) is 0 Å². The zero-order chi connectivity index (χ0) is 18.8. The van der Waals surface area contributed by atoms with E-state index in [1.54, 1.807) is 19.1 Å². The van der Waals surface area contributed by atoms with Gasteiger partial charge in [0.05, 0.1) is 24.9 Å². The second-order valence-corrected chi connectivity index (χ2v) is 6.09. The first-order valence-electron chi connectivity index (χ1n) is 7.94. The van der Waals surface area contributed by atoms with Crippen LogP contribution < -0.4 is 9.47 Å². The number of methoxy groups -OCH3 is 2. The van der Waals surface area contributed by atoms with Crippen LogP contribution in [0.15, 0.2) is 22.9 Å². The van der Waals surface area contributed by atoms with Gasteiger partial charge < -0.3 is 14.0 Å².